The Balaban J connectivity index is 0.749. The number of esters is 1. The molecule has 1 aliphatic carbocycles. The number of carbonyl (C=O) groups is 8. The van der Waals surface area contributed by atoms with E-state index in [-0.39, 0.29) is 141 Å². The molecule has 13 atom stereocenters. The van der Waals surface area contributed by atoms with Crippen LogP contribution in [0.3, 0.4) is 0 Å². The third-order valence-electron chi connectivity index (χ3n) is 21.5. The lowest BCUT2D eigenvalue weighted by Gasteiger charge is -2.33. The largest absolute Gasteiger partial charge is 0.458 e. The number of carbonyl (C=O) groups excluding carboxylic acids is 8. The maximum atomic E-state index is 15.6. The molecule has 2 aromatic heterocycles. The summed E-state index contributed by atoms with van der Waals surface area (Å²) in [6, 6.07) is 4.03. The first-order valence-corrected chi connectivity index (χ1v) is 43.1. The molecule has 4 aromatic rings. The molecule has 0 fully saturated rings. The molecule has 718 valence electrons. The lowest BCUT2D eigenvalue weighted by atomic mass is 9.81. The summed E-state index contributed by atoms with van der Waals surface area (Å²) in [7, 11) is 0. The Morgan fingerprint density at radius 3 is 1.70 bits per heavy atom. The van der Waals surface area contributed by atoms with Crippen molar-refractivity contribution in [1.82, 2.24) is 46.4 Å². The minimum Gasteiger partial charge on any atom is -0.458 e. The van der Waals surface area contributed by atoms with E-state index in [9.17, 15) is 89.1 Å². The van der Waals surface area contributed by atoms with Crippen molar-refractivity contribution in [2.24, 2.45) is 11.7 Å². The number of hydrogen-bond acceptors (Lipinski definition) is 33. The number of aryl methyl sites for hydroxylation is 1. The number of unbranched alkanes of at least 4 members (excludes halogenated alkanes) is 1. The molecule has 8 amide bonds. The van der Waals surface area contributed by atoms with Gasteiger partial charge in [-0.05, 0) is 125 Å². The highest BCUT2D eigenvalue weighted by Gasteiger charge is 2.47. The van der Waals surface area contributed by atoms with Crippen LogP contribution in [0.25, 0.3) is 22.3 Å². The molecule has 0 saturated carbocycles. The van der Waals surface area contributed by atoms with Crippen LogP contribution in [-0.4, -0.2) is 343 Å². The summed E-state index contributed by atoms with van der Waals surface area (Å²) in [6.07, 6.45) is -14.6. The summed E-state index contributed by atoms with van der Waals surface area (Å²) in [5.74, 6) is -4.32. The number of rotatable bonds is 60. The van der Waals surface area contributed by atoms with E-state index in [0.29, 0.717) is 134 Å². The highest BCUT2D eigenvalue weighted by Crippen LogP contribution is 2.46. The molecule has 2 aromatic carbocycles. The Morgan fingerprint density at radius 2 is 1.17 bits per heavy atom. The maximum absolute atomic E-state index is 15.6. The average Bonchev–Trinajstić information content (AvgIpc) is 1.52. The molecule has 42 nitrogen and oxygen atoms in total. The molecule has 128 heavy (non-hydrogen) atoms. The summed E-state index contributed by atoms with van der Waals surface area (Å²) in [5.41, 5.74) is 6.17. The first-order chi connectivity index (χ1) is 61.0. The van der Waals surface area contributed by atoms with Crippen molar-refractivity contribution in [3.05, 3.63) is 91.5 Å². The van der Waals surface area contributed by atoms with Crippen molar-refractivity contribution in [3.8, 4) is 11.4 Å². The Kier molecular flexibility index (Phi) is 44.3. The number of amides is 8. The van der Waals surface area contributed by atoms with E-state index >= 15 is 4.39 Å². The fourth-order valence-corrected chi connectivity index (χ4v) is 14.4. The van der Waals surface area contributed by atoms with Crippen molar-refractivity contribution in [3.63, 3.8) is 0 Å². The van der Waals surface area contributed by atoms with Crippen LogP contribution < -0.4 is 48.5 Å². The van der Waals surface area contributed by atoms with Gasteiger partial charge in [0.2, 0.25) is 23.6 Å². The molecular formula is C85H130FN11O31. The first-order valence-electron chi connectivity index (χ1n) is 43.1. The van der Waals surface area contributed by atoms with Gasteiger partial charge < -0.3 is 156 Å². The van der Waals surface area contributed by atoms with Gasteiger partial charge in [-0.25, -0.2) is 28.6 Å². The second kappa shape index (κ2) is 53.4. The zero-order chi connectivity index (χ0) is 93.8. The Bertz CT molecular complexity index is 4250. The van der Waals surface area contributed by atoms with Gasteiger partial charge in [0.15, 0.2) is 5.60 Å². The number of cyclic esters (lactones) is 1. The predicted octanol–water partition coefficient (Wildman–Crippen LogP) is -1.67. The van der Waals surface area contributed by atoms with Gasteiger partial charge in [-0.1, -0.05) is 32.9 Å². The van der Waals surface area contributed by atoms with Gasteiger partial charge >= 0.3 is 24.2 Å². The van der Waals surface area contributed by atoms with Gasteiger partial charge in [-0.3, -0.25) is 28.9 Å². The number of aliphatic hydroxyl groups excluding tert-OH is 10. The molecule has 0 saturated heterocycles. The number of primary amides is 1. The van der Waals surface area contributed by atoms with Crippen molar-refractivity contribution in [2.45, 2.75) is 210 Å². The predicted molar refractivity (Wildman–Crippen MR) is 454 cm³/mol. The van der Waals surface area contributed by atoms with Gasteiger partial charge in [-0.15, -0.1) is 0 Å². The van der Waals surface area contributed by atoms with Crippen LogP contribution in [0.15, 0.2) is 41.2 Å². The molecule has 7 rings (SSSR count). The van der Waals surface area contributed by atoms with Crippen LogP contribution in [-0.2, 0) is 108 Å². The van der Waals surface area contributed by atoms with Crippen molar-refractivity contribution in [1.29, 1.82) is 0 Å². The summed E-state index contributed by atoms with van der Waals surface area (Å²) in [5, 5.41) is 130. The highest BCUT2D eigenvalue weighted by molar-refractivity contribution is 5.99. The van der Waals surface area contributed by atoms with Crippen LogP contribution in [0.4, 0.5) is 24.5 Å². The van der Waals surface area contributed by atoms with Crippen LogP contribution in [0.5, 0.6) is 0 Å². The smallest absolute Gasteiger partial charge is 0.408 e. The molecule has 0 bridgehead atoms. The minimum absolute atomic E-state index is 0.00184. The Hall–Kier alpha value is -8.91. The number of nitrogens with two attached hydrogens (primary N) is 1. The summed E-state index contributed by atoms with van der Waals surface area (Å²) in [4.78, 5) is 127. The first kappa shape index (κ1) is 106. The van der Waals surface area contributed by atoms with E-state index in [1.54, 1.807) is 78.8 Å². The molecule has 0 spiro atoms. The standard InChI is InChI=1S/C85H130FN11O31/c1-8-85(117)56-40-62-71-54(42-97(62)79(112)55(56)48-126-80(85)113)69-58(19-18-53-50(4)57(86)41-61(91-71)68(53)69)93-82(115)127-47-51-14-16-52(17-15-51)90-76(109)59(13-11-22-89-81(87)114)92-78(111)70(49(2)3)95-77(110)60(94-83(116)128-84(5,6)7)12-9-10-21-88-67(104)20-24-118-26-28-120-30-32-122-34-36-124-38-39-125-37-35-123-33-31-121-29-27-119-25-23-96(43-63(100)72(105)74(107)65(102)45-98)44-64(101)73(106)75(108)66(103)46-99/h14-17,40-41,49,58-60,63-66,70,72-75,98-103,105-108,117H,8-13,18-39,42-48H2,1-7H3,(H,88,104)(H,90,109)(H,92,111)(H,93,115)(H,94,116)(H,95,110)(H3,87,89,114)/t58-,59-,60-,63-,64-,65+,66+,70-,72+,73+,74+,75+,85-/m0/s1. The topological polar surface area (TPSA) is 609 Å². The van der Waals surface area contributed by atoms with E-state index in [0.717, 1.165) is 0 Å². The molecule has 43 heteroatoms. The van der Waals surface area contributed by atoms with Crippen LogP contribution in [0, 0.1) is 18.7 Å². The number of anilines is 1. The number of alkyl carbamates (subject to hydrolysis) is 2. The zero-order valence-corrected chi connectivity index (χ0v) is 73.6. The van der Waals surface area contributed by atoms with E-state index in [4.69, 9.17) is 73.0 Å². The zero-order valence-electron chi connectivity index (χ0n) is 73.6. The number of halogens is 1. The number of benzene rings is 2. The summed E-state index contributed by atoms with van der Waals surface area (Å²) in [6.45, 7) is 12.6. The molecule has 2 aliphatic heterocycles. The van der Waals surface area contributed by atoms with E-state index in [1.807, 2.05) is 0 Å². The maximum Gasteiger partial charge on any atom is 0.408 e. The molecule has 20 N–H and O–H groups in total. The van der Waals surface area contributed by atoms with E-state index in [1.165, 1.54) is 15.5 Å². The van der Waals surface area contributed by atoms with Gasteiger partial charge in [0, 0.05) is 67.4 Å². The lowest BCUT2D eigenvalue weighted by molar-refractivity contribution is -0.172. The average molecular weight is 1820 g/mol. The quantitative estimate of drug-likeness (QED) is 0.0118. The van der Waals surface area contributed by atoms with E-state index in [2.05, 4.69) is 37.2 Å². The number of fused-ring (bicyclic) bond motifs is 5. The van der Waals surface area contributed by atoms with Crippen molar-refractivity contribution in [2.75, 3.05) is 157 Å². The number of ether oxygens (including phenoxy) is 11. The number of hydrogen-bond donors (Lipinski definition) is 19. The fourth-order valence-electron chi connectivity index (χ4n) is 14.4. The molecule has 0 unspecified atom stereocenters. The van der Waals surface area contributed by atoms with Crippen LogP contribution in [0.1, 0.15) is 138 Å². The Labute approximate surface area is 740 Å². The van der Waals surface area contributed by atoms with Crippen LogP contribution in [0.2, 0.25) is 0 Å². The third kappa shape index (κ3) is 32.6. The number of aliphatic hydroxyl groups is 11. The molecule has 4 heterocycles. The minimum atomic E-state index is -2.08. The monoisotopic (exact) mass is 1820 g/mol. The Morgan fingerprint density at radius 1 is 0.648 bits per heavy atom. The van der Waals surface area contributed by atoms with Crippen LogP contribution >= 0.6 is 0 Å². The van der Waals surface area contributed by atoms with Gasteiger partial charge in [-0.2, -0.15) is 0 Å². The van der Waals surface area contributed by atoms with Crippen molar-refractivity contribution < 1.29 is 151 Å². The number of nitrogens with one attached hydrogen (secondary N) is 7. The molecule has 0 radical (unpaired) electrons. The number of urea groups is 1. The molecule has 3 aliphatic rings. The number of pyridine rings is 2. The summed E-state index contributed by atoms with van der Waals surface area (Å²) < 4.78 is 77.7. The van der Waals surface area contributed by atoms with Gasteiger partial charge in [0.25, 0.3) is 5.56 Å². The lowest BCUT2D eigenvalue weighted by Crippen LogP contribution is -2.58. The van der Waals surface area contributed by atoms with Crippen molar-refractivity contribution >= 4 is 64.4 Å². The SMILES string of the molecule is CC[C@@]1(O)C(=O)OCc2c1cc1n(c2=O)Cc2c-1nc1cc(F)c(C)c3c1c2[C@@H](NC(=O)OCc1ccc(NC(=O)[C@H](CCCNC(N)=O)NC(=O)[C@@H](NC(=O)[C@H](CCCCNC(=O)CCOCCOCCOCCOCCOCCOCCOCCOCCN(C[C@H](O)[C@@H](O)[C@H](O)[C@H](O)CO)C[C@H](O)[C@@H](O)[C@H](O)[C@H](O)CO)NC(=O)OC(C)(C)C)C(C)C)cc1)CC3. The van der Waals surface area contributed by atoms with Gasteiger partial charge in [0.05, 0.1) is 166 Å². The van der Waals surface area contributed by atoms with Gasteiger partial charge in [0.1, 0.15) is 79.4 Å². The number of nitrogens with zero attached hydrogens (tertiary/aromatic N) is 3. The second-order valence-corrected chi connectivity index (χ2v) is 32.6. The number of aromatic nitrogens is 2. The third-order valence-corrected chi connectivity index (χ3v) is 21.5. The van der Waals surface area contributed by atoms with E-state index < -0.39 is 170 Å². The fraction of sp³-hybridized carbons (Fsp3) is 0.671. The normalized spacial score (nSPS) is 17.3. The summed E-state index contributed by atoms with van der Waals surface area (Å²) >= 11 is 0. The molecular weight excluding hydrogens is 1690 g/mol. The second-order valence-electron chi connectivity index (χ2n) is 32.6. The highest BCUT2D eigenvalue weighted by atomic mass is 19.1.